The number of carbonyl (C=O) groups excluding carboxylic acids is 2. The number of likely N-dealkylation sites (tertiary alicyclic amines) is 1. The van der Waals surface area contributed by atoms with Crippen molar-refractivity contribution < 1.29 is 22.7 Å². The minimum atomic E-state index is -3.80. The molecule has 2 aliphatic heterocycles. The number of amides is 1. The number of sulfonamides is 1. The molecule has 0 aliphatic carbocycles. The number of primary sulfonamides is 1. The first-order valence-electron chi connectivity index (χ1n) is 8.51. The van der Waals surface area contributed by atoms with Crippen LogP contribution in [0.3, 0.4) is 0 Å². The van der Waals surface area contributed by atoms with Gasteiger partial charge in [0, 0.05) is 18.5 Å². The molecular weight excluding hydrogens is 368 g/mol. The Labute approximate surface area is 156 Å². The Balaban J connectivity index is 1.53. The third-order valence-electron chi connectivity index (χ3n) is 5.03. The Morgan fingerprint density at radius 1 is 1.11 bits per heavy atom. The van der Waals surface area contributed by atoms with E-state index in [4.69, 9.17) is 9.88 Å². The molecule has 2 aliphatic rings. The van der Waals surface area contributed by atoms with Crippen molar-refractivity contribution in [2.45, 2.75) is 23.3 Å². The van der Waals surface area contributed by atoms with Gasteiger partial charge in [-0.05, 0) is 36.4 Å². The third-order valence-corrected chi connectivity index (χ3v) is 5.96. The number of rotatable bonds is 2. The van der Waals surface area contributed by atoms with Crippen molar-refractivity contribution in [2.24, 2.45) is 5.14 Å². The van der Waals surface area contributed by atoms with Crippen LogP contribution in [0.15, 0.2) is 53.4 Å². The van der Waals surface area contributed by atoms with E-state index in [1.165, 1.54) is 24.3 Å². The van der Waals surface area contributed by atoms with Gasteiger partial charge in [-0.15, -0.1) is 0 Å². The fourth-order valence-electron chi connectivity index (χ4n) is 3.66. The second-order valence-corrected chi connectivity index (χ2v) is 8.49. The molecule has 1 unspecified atom stereocenters. The molecule has 2 N–H and O–H groups in total. The van der Waals surface area contributed by atoms with E-state index in [2.05, 4.69) is 0 Å². The predicted octanol–water partition coefficient (Wildman–Crippen LogP) is 1.58. The predicted molar refractivity (Wildman–Crippen MR) is 97.1 cm³/mol. The monoisotopic (exact) mass is 386 g/mol. The molecule has 0 radical (unpaired) electrons. The molecule has 1 amide bonds. The molecular formula is C19H18N2O5S. The van der Waals surface area contributed by atoms with Crippen LogP contribution in [0.25, 0.3) is 0 Å². The number of fused-ring (bicyclic) bond motifs is 1. The lowest BCUT2D eigenvalue weighted by molar-refractivity contribution is 0.0428. The molecule has 4 rings (SSSR count). The maximum atomic E-state index is 12.8. The molecule has 1 atom stereocenters. The number of carbonyl (C=O) groups is 2. The lowest BCUT2D eigenvalue weighted by atomic mass is 9.89. The maximum absolute atomic E-state index is 12.8. The topological polar surface area (TPSA) is 107 Å². The van der Waals surface area contributed by atoms with Crippen LogP contribution in [0.1, 0.15) is 33.6 Å². The standard InChI is InChI=1S/C19H18N2O5S/c20-27(24,25)14-7-5-13(6-8-14)18(23)21-10-9-19(12-21)11-16(22)15-3-1-2-4-17(15)26-19/h1-8H,9-12H2,(H2,20,24,25). The molecule has 0 saturated carbocycles. The summed E-state index contributed by atoms with van der Waals surface area (Å²) in [6.07, 6.45) is 0.798. The van der Waals surface area contributed by atoms with Crippen LogP contribution in [0.5, 0.6) is 5.75 Å². The highest BCUT2D eigenvalue weighted by atomic mass is 32.2. The molecule has 7 nitrogen and oxygen atoms in total. The van der Waals surface area contributed by atoms with Crippen molar-refractivity contribution in [3.63, 3.8) is 0 Å². The number of benzene rings is 2. The van der Waals surface area contributed by atoms with Gasteiger partial charge in [-0.1, -0.05) is 12.1 Å². The van der Waals surface area contributed by atoms with E-state index in [0.29, 0.717) is 36.4 Å². The van der Waals surface area contributed by atoms with E-state index in [9.17, 15) is 18.0 Å². The zero-order chi connectivity index (χ0) is 19.2. The van der Waals surface area contributed by atoms with Crippen LogP contribution in [-0.2, 0) is 10.0 Å². The first kappa shape index (κ1) is 17.7. The van der Waals surface area contributed by atoms with Crippen LogP contribution in [-0.4, -0.2) is 43.7 Å². The molecule has 1 fully saturated rings. The summed E-state index contributed by atoms with van der Waals surface area (Å²) in [6, 6.07) is 12.6. The number of hydrogen-bond acceptors (Lipinski definition) is 5. The summed E-state index contributed by atoms with van der Waals surface area (Å²) in [5.74, 6) is 0.340. The van der Waals surface area contributed by atoms with Crippen molar-refractivity contribution in [1.29, 1.82) is 0 Å². The molecule has 0 aromatic heterocycles. The Hall–Kier alpha value is -2.71. The summed E-state index contributed by atoms with van der Waals surface area (Å²) in [7, 11) is -3.80. The van der Waals surface area contributed by atoms with E-state index in [0.717, 1.165) is 0 Å². The fraction of sp³-hybridized carbons (Fsp3) is 0.263. The molecule has 1 spiro atoms. The molecule has 0 bridgehead atoms. The largest absolute Gasteiger partial charge is 0.484 e. The lowest BCUT2D eigenvalue weighted by Gasteiger charge is -2.34. The third kappa shape index (κ3) is 3.22. The van der Waals surface area contributed by atoms with E-state index in [1.54, 1.807) is 23.1 Å². The summed E-state index contributed by atoms with van der Waals surface area (Å²) in [4.78, 5) is 26.8. The van der Waals surface area contributed by atoms with Gasteiger partial charge < -0.3 is 9.64 Å². The van der Waals surface area contributed by atoms with Gasteiger partial charge in [0.15, 0.2) is 5.78 Å². The number of hydrogen-bond donors (Lipinski definition) is 1. The maximum Gasteiger partial charge on any atom is 0.253 e. The van der Waals surface area contributed by atoms with Gasteiger partial charge in [-0.2, -0.15) is 0 Å². The summed E-state index contributed by atoms with van der Waals surface area (Å²) in [6.45, 7) is 0.772. The van der Waals surface area contributed by atoms with Gasteiger partial charge in [0.1, 0.15) is 11.4 Å². The molecule has 2 heterocycles. The van der Waals surface area contributed by atoms with Crippen LogP contribution < -0.4 is 9.88 Å². The minimum absolute atomic E-state index is 0.0173. The average Bonchev–Trinajstić information content (AvgIpc) is 3.03. The van der Waals surface area contributed by atoms with Gasteiger partial charge in [-0.3, -0.25) is 9.59 Å². The number of Topliss-reactive ketones (excluding diaryl/α,β-unsaturated/α-hetero) is 1. The van der Waals surface area contributed by atoms with E-state index < -0.39 is 15.6 Å². The first-order valence-corrected chi connectivity index (χ1v) is 10.1. The Morgan fingerprint density at radius 3 is 2.52 bits per heavy atom. The highest BCUT2D eigenvalue weighted by Gasteiger charge is 2.47. The van der Waals surface area contributed by atoms with Crippen LogP contribution >= 0.6 is 0 Å². The van der Waals surface area contributed by atoms with Gasteiger partial charge >= 0.3 is 0 Å². The molecule has 8 heteroatoms. The lowest BCUT2D eigenvalue weighted by Crippen LogP contribution is -2.45. The summed E-state index contributed by atoms with van der Waals surface area (Å²) in [5.41, 5.74) is 0.232. The number of para-hydroxylation sites is 1. The summed E-state index contributed by atoms with van der Waals surface area (Å²) >= 11 is 0. The summed E-state index contributed by atoms with van der Waals surface area (Å²) < 4.78 is 28.8. The molecule has 2 aromatic rings. The highest BCUT2D eigenvalue weighted by molar-refractivity contribution is 7.89. The van der Waals surface area contributed by atoms with Crippen LogP contribution in [0.2, 0.25) is 0 Å². The molecule has 2 aromatic carbocycles. The first-order chi connectivity index (χ1) is 12.8. The average molecular weight is 386 g/mol. The molecule has 140 valence electrons. The molecule has 1 saturated heterocycles. The van der Waals surface area contributed by atoms with Gasteiger partial charge in [0.25, 0.3) is 5.91 Å². The van der Waals surface area contributed by atoms with Gasteiger partial charge in [0.2, 0.25) is 10.0 Å². The Kier molecular flexibility index (Phi) is 4.05. The van der Waals surface area contributed by atoms with E-state index in [-0.39, 0.29) is 23.0 Å². The smallest absolute Gasteiger partial charge is 0.253 e. The van der Waals surface area contributed by atoms with Crippen molar-refractivity contribution in [2.75, 3.05) is 13.1 Å². The number of ether oxygens (including phenoxy) is 1. The van der Waals surface area contributed by atoms with Crippen molar-refractivity contribution in [3.05, 3.63) is 59.7 Å². The molecule has 27 heavy (non-hydrogen) atoms. The fourth-order valence-corrected chi connectivity index (χ4v) is 4.17. The second-order valence-electron chi connectivity index (χ2n) is 6.93. The zero-order valence-electron chi connectivity index (χ0n) is 14.4. The minimum Gasteiger partial charge on any atom is -0.484 e. The number of nitrogens with zero attached hydrogens (tertiary/aromatic N) is 1. The Bertz CT molecular complexity index is 1030. The van der Waals surface area contributed by atoms with E-state index >= 15 is 0 Å². The number of ketones is 1. The van der Waals surface area contributed by atoms with Gasteiger partial charge in [0.05, 0.1) is 23.4 Å². The number of nitrogens with two attached hydrogens (primary N) is 1. The Morgan fingerprint density at radius 2 is 1.81 bits per heavy atom. The summed E-state index contributed by atoms with van der Waals surface area (Å²) in [5, 5.41) is 5.08. The second kappa shape index (κ2) is 6.17. The van der Waals surface area contributed by atoms with Crippen LogP contribution in [0.4, 0.5) is 0 Å². The van der Waals surface area contributed by atoms with Gasteiger partial charge in [-0.25, -0.2) is 13.6 Å². The SMILES string of the molecule is NS(=O)(=O)c1ccc(C(=O)N2CCC3(CC(=O)c4ccccc4O3)C2)cc1. The van der Waals surface area contributed by atoms with Crippen molar-refractivity contribution in [1.82, 2.24) is 4.90 Å². The zero-order valence-corrected chi connectivity index (χ0v) is 15.2. The van der Waals surface area contributed by atoms with E-state index in [1.807, 2.05) is 6.07 Å². The highest BCUT2D eigenvalue weighted by Crippen LogP contribution is 2.38. The van der Waals surface area contributed by atoms with Crippen molar-refractivity contribution in [3.8, 4) is 5.75 Å². The van der Waals surface area contributed by atoms with Crippen LogP contribution in [0, 0.1) is 0 Å². The normalized spacial score (nSPS) is 21.8. The van der Waals surface area contributed by atoms with Crippen molar-refractivity contribution >= 4 is 21.7 Å². The quantitative estimate of drug-likeness (QED) is 0.843.